The summed E-state index contributed by atoms with van der Waals surface area (Å²) in [7, 11) is 1.54. The Morgan fingerprint density at radius 2 is 2.21 bits per heavy atom. The molecule has 0 atom stereocenters. The van der Waals surface area contributed by atoms with E-state index >= 15 is 0 Å². The van der Waals surface area contributed by atoms with Crippen LogP contribution < -0.4 is 15.8 Å². The van der Waals surface area contributed by atoms with Crippen molar-refractivity contribution in [1.82, 2.24) is 20.2 Å². The lowest BCUT2D eigenvalue weighted by Gasteiger charge is -2.14. The van der Waals surface area contributed by atoms with Gasteiger partial charge in [-0.1, -0.05) is 0 Å². The molecule has 0 radical (unpaired) electrons. The molecule has 124 valence electrons. The maximum absolute atomic E-state index is 12.1. The van der Waals surface area contributed by atoms with Crippen LogP contribution in [0, 0.1) is 0 Å². The number of benzene rings is 1. The maximum atomic E-state index is 12.1. The summed E-state index contributed by atoms with van der Waals surface area (Å²) >= 11 is 0. The summed E-state index contributed by atoms with van der Waals surface area (Å²) in [6.07, 6.45) is 2.95. The van der Waals surface area contributed by atoms with Gasteiger partial charge in [-0.25, -0.2) is 14.8 Å². The van der Waals surface area contributed by atoms with Crippen molar-refractivity contribution >= 4 is 34.2 Å². The molecule has 9 heteroatoms. The third kappa shape index (κ3) is 2.78. The molecule has 0 fully saturated rings. The van der Waals surface area contributed by atoms with Gasteiger partial charge in [0.15, 0.2) is 5.82 Å². The number of anilines is 3. The number of nitrogens with zero attached hydrogens (tertiary/aromatic N) is 3. The molecule has 24 heavy (non-hydrogen) atoms. The molecule has 3 aromatic rings. The number of nitrogens with one attached hydrogen (secondary N) is 2. The zero-order valence-corrected chi connectivity index (χ0v) is 13.2. The van der Waals surface area contributed by atoms with E-state index in [9.17, 15) is 4.79 Å². The minimum atomic E-state index is -0.596. The second-order valence-electron chi connectivity index (χ2n) is 4.84. The molecule has 0 unspecified atom stereocenters. The van der Waals surface area contributed by atoms with E-state index in [0.717, 1.165) is 10.9 Å². The molecule has 0 aliphatic rings. The molecule has 0 saturated heterocycles. The van der Waals surface area contributed by atoms with E-state index in [1.807, 2.05) is 6.07 Å². The first-order valence-electron chi connectivity index (χ1n) is 7.19. The molecule has 9 nitrogen and oxygen atoms in total. The molecule has 0 aliphatic heterocycles. The van der Waals surface area contributed by atoms with Gasteiger partial charge in [-0.05, 0) is 13.0 Å². The Kier molecular flexibility index (Phi) is 4.15. The van der Waals surface area contributed by atoms with Crippen molar-refractivity contribution in [2.75, 3.05) is 24.8 Å². The van der Waals surface area contributed by atoms with Crippen LogP contribution in [0.4, 0.5) is 17.3 Å². The summed E-state index contributed by atoms with van der Waals surface area (Å²) in [6.45, 7) is 1.93. The van der Waals surface area contributed by atoms with Crippen LogP contribution in [0.1, 0.15) is 17.3 Å². The lowest BCUT2D eigenvalue weighted by molar-refractivity contribution is 0.0528. The number of fused-ring (bicyclic) bond motifs is 1. The molecule has 0 amide bonds. The number of hydrogen-bond acceptors (Lipinski definition) is 8. The SMILES string of the molecule is CCOC(=O)c1c(N)ncnc1Nc1cc2cn[nH]c2cc1OC. The van der Waals surface area contributed by atoms with Crippen molar-refractivity contribution in [3.8, 4) is 5.75 Å². The number of methoxy groups -OCH3 is 1. The minimum Gasteiger partial charge on any atom is -0.494 e. The van der Waals surface area contributed by atoms with Gasteiger partial charge in [-0.3, -0.25) is 5.10 Å². The number of esters is 1. The van der Waals surface area contributed by atoms with E-state index in [1.165, 1.54) is 6.33 Å². The predicted octanol–water partition coefficient (Wildman–Crippen LogP) is 1.86. The highest BCUT2D eigenvalue weighted by molar-refractivity contribution is 6.00. The van der Waals surface area contributed by atoms with Gasteiger partial charge < -0.3 is 20.5 Å². The normalized spacial score (nSPS) is 10.6. The van der Waals surface area contributed by atoms with E-state index in [2.05, 4.69) is 25.5 Å². The van der Waals surface area contributed by atoms with E-state index in [4.69, 9.17) is 15.2 Å². The predicted molar refractivity (Wildman–Crippen MR) is 88.3 cm³/mol. The van der Waals surface area contributed by atoms with Gasteiger partial charge in [-0.15, -0.1) is 0 Å². The second kappa shape index (κ2) is 6.41. The number of nitrogen functional groups attached to an aromatic ring is 1. The first-order valence-corrected chi connectivity index (χ1v) is 7.19. The van der Waals surface area contributed by atoms with Crippen LogP contribution in [0.25, 0.3) is 10.9 Å². The highest BCUT2D eigenvalue weighted by Crippen LogP contribution is 2.32. The summed E-state index contributed by atoms with van der Waals surface area (Å²) in [6, 6.07) is 3.62. The average molecular weight is 328 g/mol. The number of ether oxygens (including phenoxy) is 2. The van der Waals surface area contributed by atoms with E-state index < -0.39 is 5.97 Å². The zero-order chi connectivity index (χ0) is 17.1. The Morgan fingerprint density at radius 3 is 2.96 bits per heavy atom. The Balaban J connectivity index is 2.05. The van der Waals surface area contributed by atoms with Crippen LogP contribution in [0.15, 0.2) is 24.7 Å². The van der Waals surface area contributed by atoms with Gasteiger partial charge in [0, 0.05) is 11.5 Å². The molecule has 0 bridgehead atoms. The van der Waals surface area contributed by atoms with E-state index in [1.54, 1.807) is 26.3 Å². The van der Waals surface area contributed by atoms with Crippen LogP contribution in [-0.4, -0.2) is 39.9 Å². The van der Waals surface area contributed by atoms with Gasteiger partial charge >= 0.3 is 5.97 Å². The first kappa shape index (κ1) is 15.5. The largest absolute Gasteiger partial charge is 0.494 e. The third-order valence-electron chi connectivity index (χ3n) is 3.37. The molecule has 0 spiro atoms. The fraction of sp³-hybridized carbons (Fsp3) is 0.200. The van der Waals surface area contributed by atoms with Gasteiger partial charge in [0.05, 0.1) is 31.1 Å². The molecule has 3 rings (SSSR count). The Morgan fingerprint density at radius 1 is 1.38 bits per heavy atom. The van der Waals surface area contributed by atoms with Crippen LogP contribution in [0.2, 0.25) is 0 Å². The van der Waals surface area contributed by atoms with Gasteiger partial charge in [-0.2, -0.15) is 5.10 Å². The molecular formula is C15H16N6O3. The lowest BCUT2D eigenvalue weighted by Crippen LogP contribution is -2.13. The summed E-state index contributed by atoms with van der Waals surface area (Å²) in [5.41, 5.74) is 7.32. The van der Waals surface area contributed by atoms with Crippen molar-refractivity contribution in [1.29, 1.82) is 0 Å². The smallest absolute Gasteiger partial charge is 0.345 e. The summed E-state index contributed by atoms with van der Waals surface area (Å²) in [5, 5.41) is 10.8. The van der Waals surface area contributed by atoms with Crippen molar-refractivity contribution in [2.24, 2.45) is 0 Å². The minimum absolute atomic E-state index is 0.0364. The van der Waals surface area contributed by atoms with Gasteiger partial charge in [0.25, 0.3) is 0 Å². The number of aromatic nitrogens is 4. The van der Waals surface area contributed by atoms with Crippen LogP contribution in [0.5, 0.6) is 5.75 Å². The highest BCUT2D eigenvalue weighted by atomic mass is 16.5. The molecule has 0 aliphatic carbocycles. The quantitative estimate of drug-likeness (QED) is 0.605. The third-order valence-corrected chi connectivity index (χ3v) is 3.37. The first-order chi connectivity index (χ1) is 11.6. The number of nitrogens with two attached hydrogens (primary N) is 1. The van der Waals surface area contributed by atoms with Crippen LogP contribution >= 0.6 is 0 Å². The summed E-state index contributed by atoms with van der Waals surface area (Å²) < 4.78 is 10.4. The van der Waals surface area contributed by atoms with Crippen molar-refractivity contribution in [3.63, 3.8) is 0 Å². The van der Waals surface area contributed by atoms with Crippen LogP contribution in [-0.2, 0) is 4.74 Å². The fourth-order valence-electron chi connectivity index (χ4n) is 2.26. The number of aromatic amines is 1. The average Bonchev–Trinajstić information content (AvgIpc) is 3.01. The number of carbonyl (C=O) groups excluding carboxylic acids is 1. The maximum Gasteiger partial charge on any atom is 0.345 e. The molecule has 4 N–H and O–H groups in total. The van der Waals surface area contributed by atoms with Gasteiger partial charge in [0.2, 0.25) is 0 Å². The number of H-pyrrole nitrogens is 1. The van der Waals surface area contributed by atoms with Crippen molar-refractivity contribution in [3.05, 3.63) is 30.2 Å². The summed E-state index contributed by atoms with van der Waals surface area (Å²) in [5.74, 6) is 0.233. The second-order valence-corrected chi connectivity index (χ2v) is 4.84. The Bertz CT molecular complexity index is 892. The lowest BCUT2D eigenvalue weighted by atomic mass is 10.2. The molecule has 0 saturated carbocycles. The Hall–Kier alpha value is -3.36. The van der Waals surface area contributed by atoms with Crippen molar-refractivity contribution < 1.29 is 14.3 Å². The van der Waals surface area contributed by atoms with Gasteiger partial charge in [0.1, 0.15) is 23.5 Å². The fourth-order valence-corrected chi connectivity index (χ4v) is 2.26. The topological polar surface area (TPSA) is 128 Å². The summed E-state index contributed by atoms with van der Waals surface area (Å²) in [4.78, 5) is 20.1. The highest BCUT2D eigenvalue weighted by Gasteiger charge is 2.20. The molecule has 2 heterocycles. The van der Waals surface area contributed by atoms with Crippen molar-refractivity contribution in [2.45, 2.75) is 6.92 Å². The monoisotopic (exact) mass is 328 g/mol. The van der Waals surface area contributed by atoms with E-state index in [-0.39, 0.29) is 23.8 Å². The molecule has 1 aromatic carbocycles. The number of rotatable bonds is 5. The van der Waals surface area contributed by atoms with Crippen LogP contribution in [0.3, 0.4) is 0 Å². The molecular weight excluding hydrogens is 312 g/mol. The zero-order valence-electron chi connectivity index (χ0n) is 13.2. The Labute approximate surface area is 137 Å². The number of carbonyl (C=O) groups is 1. The standard InChI is InChI=1S/C15H16N6O3/c1-3-24-15(22)12-13(16)17-7-18-14(12)20-10-4-8-6-19-21-9(8)5-11(10)23-2/h4-7H,3H2,1-2H3,(H,19,21)(H3,16,17,18,20). The molecule has 2 aromatic heterocycles. The van der Waals surface area contributed by atoms with E-state index in [0.29, 0.717) is 11.4 Å². The number of hydrogen-bond donors (Lipinski definition) is 3.